The molecule has 0 spiro atoms. The summed E-state index contributed by atoms with van der Waals surface area (Å²) in [5.41, 5.74) is 4.14. The molecule has 4 rings (SSSR count). The van der Waals surface area contributed by atoms with E-state index in [1.165, 1.54) is 0 Å². The molecule has 3 aromatic rings. The summed E-state index contributed by atoms with van der Waals surface area (Å²) in [6, 6.07) is 9.25. The van der Waals surface area contributed by atoms with E-state index >= 15 is 0 Å². The first kappa shape index (κ1) is 25.5. The monoisotopic (exact) mass is 512 g/mol. The van der Waals surface area contributed by atoms with Crippen molar-refractivity contribution in [3.8, 4) is 6.07 Å². The molecule has 35 heavy (non-hydrogen) atoms. The number of piperidine rings is 1. The van der Waals surface area contributed by atoms with Gasteiger partial charge in [0.05, 0.1) is 33.3 Å². The molecule has 1 amide bonds. The number of aromatic nitrogens is 2. The number of fused-ring (bicyclic) bond motifs is 1. The maximum Gasteiger partial charge on any atom is 0.255 e. The van der Waals surface area contributed by atoms with Crippen LogP contribution in [0.1, 0.15) is 59.6 Å². The fourth-order valence-electron chi connectivity index (χ4n) is 4.97. The van der Waals surface area contributed by atoms with Crippen LogP contribution in [0.5, 0.6) is 0 Å². The van der Waals surface area contributed by atoms with Gasteiger partial charge in [0.25, 0.3) is 5.91 Å². The Labute approximate surface area is 216 Å². The highest BCUT2D eigenvalue weighted by atomic mass is 35.5. The topological polar surface area (TPSA) is 82.2 Å². The van der Waals surface area contributed by atoms with Crippen LogP contribution in [0.25, 0.3) is 11.0 Å². The molecule has 0 unspecified atom stereocenters. The van der Waals surface area contributed by atoms with Crippen LogP contribution in [0.3, 0.4) is 0 Å². The molecule has 1 aliphatic rings. The van der Waals surface area contributed by atoms with Gasteiger partial charge >= 0.3 is 0 Å². The van der Waals surface area contributed by atoms with Crippen molar-refractivity contribution < 1.29 is 9.90 Å². The predicted octanol–water partition coefficient (Wildman–Crippen LogP) is 5.52. The van der Waals surface area contributed by atoms with Gasteiger partial charge in [-0.25, -0.2) is 4.98 Å². The number of aryl methyl sites for hydroxylation is 2. The van der Waals surface area contributed by atoms with E-state index in [4.69, 9.17) is 28.2 Å². The van der Waals surface area contributed by atoms with Crippen molar-refractivity contribution in [2.75, 3.05) is 19.7 Å². The highest BCUT2D eigenvalue weighted by Crippen LogP contribution is 2.36. The van der Waals surface area contributed by atoms with Crippen LogP contribution in [0.4, 0.5) is 0 Å². The van der Waals surface area contributed by atoms with Crippen LogP contribution in [-0.4, -0.2) is 45.2 Å². The number of imidazole rings is 1. The Morgan fingerprint density at radius 1 is 1.26 bits per heavy atom. The van der Waals surface area contributed by atoms with Crippen LogP contribution in [0, 0.1) is 29.6 Å². The molecule has 1 aromatic heterocycles. The number of nitriles is 1. The number of carbonyl (C=O) groups excluding carboxylic acids is 1. The van der Waals surface area contributed by atoms with Gasteiger partial charge in [0.15, 0.2) is 0 Å². The number of hydrogen-bond donors (Lipinski definition) is 1. The number of aliphatic hydroxyl groups is 1. The van der Waals surface area contributed by atoms with E-state index in [0.717, 1.165) is 35.3 Å². The second-order valence-electron chi connectivity index (χ2n) is 10.1. The first-order chi connectivity index (χ1) is 16.6. The minimum Gasteiger partial charge on any atom is -0.396 e. The Hall–Kier alpha value is -2.59. The summed E-state index contributed by atoms with van der Waals surface area (Å²) in [6.45, 7) is 7.48. The summed E-state index contributed by atoms with van der Waals surface area (Å²) in [4.78, 5) is 20.0. The smallest absolute Gasteiger partial charge is 0.255 e. The Bertz CT molecular complexity index is 1330. The van der Waals surface area contributed by atoms with Crippen molar-refractivity contribution in [2.24, 2.45) is 18.4 Å². The molecule has 0 atom stereocenters. The van der Waals surface area contributed by atoms with Crippen LogP contribution in [0.2, 0.25) is 10.0 Å². The van der Waals surface area contributed by atoms with Crippen LogP contribution in [-0.2, 0) is 13.5 Å². The van der Waals surface area contributed by atoms with Gasteiger partial charge < -0.3 is 14.6 Å². The standard InChI is InChI=1S/C27H30Cl2N4O2/c1-16-11-17(14-30)12-22-25(16)31-23(32(22)4)13-20-21(28)6-5-19(24(20)29)26(35)33-9-7-18(8-10-33)27(2,3)15-34/h5-6,11-12,18,34H,7-10,13,15H2,1-4H3. The van der Waals surface area contributed by atoms with Gasteiger partial charge in [-0.05, 0) is 66.5 Å². The lowest BCUT2D eigenvalue weighted by Gasteiger charge is -2.39. The Kier molecular flexibility index (Phi) is 7.15. The fourth-order valence-corrected chi connectivity index (χ4v) is 5.56. The number of likely N-dealkylation sites (tertiary alicyclic amines) is 1. The minimum absolute atomic E-state index is 0.104. The highest BCUT2D eigenvalue weighted by molar-refractivity contribution is 6.38. The summed E-state index contributed by atoms with van der Waals surface area (Å²) in [5, 5.41) is 19.8. The number of aliphatic hydroxyl groups excluding tert-OH is 1. The van der Waals surface area contributed by atoms with E-state index in [0.29, 0.717) is 52.2 Å². The average molecular weight is 513 g/mol. The zero-order valence-electron chi connectivity index (χ0n) is 20.5. The first-order valence-electron chi connectivity index (χ1n) is 11.8. The summed E-state index contributed by atoms with van der Waals surface area (Å²) < 4.78 is 1.94. The number of nitrogens with zero attached hydrogens (tertiary/aromatic N) is 4. The summed E-state index contributed by atoms with van der Waals surface area (Å²) in [5.74, 6) is 1.02. The summed E-state index contributed by atoms with van der Waals surface area (Å²) in [6.07, 6.45) is 2.06. The van der Waals surface area contributed by atoms with E-state index in [2.05, 4.69) is 19.9 Å². The van der Waals surface area contributed by atoms with Gasteiger partial charge in [0, 0.05) is 38.2 Å². The van der Waals surface area contributed by atoms with Gasteiger partial charge in [0.1, 0.15) is 5.82 Å². The van der Waals surface area contributed by atoms with Crippen molar-refractivity contribution in [1.82, 2.24) is 14.5 Å². The molecule has 1 N–H and O–H groups in total. The number of benzene rings is 2. The second kappa shape index (κ2) is 9.81. The van der Waals surface area contributed by atoms with E-state index < -0.39 is 0 Å². The van der Waals surface area contributed by atoms with Crippen LogP contribution < -0.4 is 0 Å². The number of amides is 1. The van der Waals surface area contributed by atoms with E-state index in [1.54, 1.807) is 12.1 Å². The van der Waals surface area contributed by atoms with Gasteiger partial charge in [0.2, 0.25) is 0 Å². The molecule has 2 aromatic carbocycles. The number of carbonyl (C=O) groups is 1. The van der Waals surface area contributed by atoms with Crippen molar-refractivity contribution in [2.45, 2.75) is 40.0 Å². The molecular weight excluding hydrogens is 483 g/mol. The lowest BCUT2D eigenvalue weighted by atomic mass is 9.74. The fraction of sp³-hybridized carbons (Fsp3) is 0.444. The lowest BCUT2D eigenvalue weighted by Crippen LogP contribution is -2.43. The largest absolute Gasteiger partial charge is 0.396 e. The molecule has 0 bridgehead atoms. The molecular formula is C27H30Cl2N4O2. The lowest BCUT2D eigenvalue weighted by molar-refractivity contribution is 0.0409. The van der Waals surface area contributed by atoms with Gasteiger partial charge in [-0.3, -0.25) is 4.79 Å². The molecule has 0 radical (unpaired) electrons. The van der Waals surface area contributed by atoms with E-state index in [9.17, 15) is 15.2 Å². The molecule has 1 saturated heterocycles. The number of halogens is 2. The van der Waals surface area contributed by atoms with Crippen LogP contribution in [0.15, 0.2) is 24.3 Å². The average Bonchev–Trinajstić information content (AvgIpc) is 3.17. The molecule has 1 fully saturated rings. The third-order valence-electron chi connectivity index (χ3n) is 7.45. The zero-order valence-corrected chi connectivity index (χ0v) is 22.0. The molecule has 0 aliphatic carbocycles. The van der Waals surface area contributed by atoms with Gasteiger partial charge in [-0.2, -0.15) is 5.26 Å². The van der Waals surface area contributed by atoms with Crippen molar-refractivity contribution in [1.29, 1.82) is 5.26 Å². The van der Waals surface area contributed by atoms with E-state index in [1.807, 2.05) is 35.6 Å². The quantitative estimate of drug-likeness (QED) is 0.487. The molecule has 184 valence electrons. The molecule has 8 heteroatoms. The highest BCUT2D eigenvalue weighted by Gasteiger charge is 2.34. The summed E-state index contributed by atoms with van der Waals surface area (Å²) in [7, 11) is 1.90. The molecule has 1 aliphatic heterocycles. The predicted molar refractivity (Wildman–Crippen MR) is 139 cm³/mol. The minimum atomic E-state index is -0.155. The van der Waals surface area contributed by atoms with Crippen molar-refractivity contribution in [3.05, 3.63) is 62.4 Å². The third-order valence-corrected chi connectivity index (χ3v) is 8.23. The Morgan fingerprint density at radius 2 is 1.94 bits per heavy atom. The van der Waals surface area contributed by atoms with E-state index in [-0.39, 0.29) is 17.9 Å². The summed E-state index contributed by atoms with van der Waals surface area (Å²) >= 11 is 13.3. The molecule has 6 nitrogen and oxygen atoms in total. The normalized spacial score (nSPS) is 15.0. The van der Waals surface area contributed by atoms with Crippen molar-refractivity contribution in [3.63, 3.8) is 0 Å². The first-order valence-corrected chi connectivity index (χ1v) is 12.6. The maximum atomic E-state index is 13.4. The third kappa shape index (κ3) is 4.78. The Morgan fingerprint density at radius 3 is 2.57 bits per heavy atom. The number of rotatable bonds is 5. The Balaban J connectivity index is 1.61. The van der Waals surface area contributed by atoms with Gasteiger partial charge in [-0.15, -0.1) is 0 Å². The second-order valence-corrected chi connectivity index (χ2v) is 10.9. The zero-order chi connectivity index (χ0) is 25.5. The molecule has 2 heterocycles. The maximum absolute atomic E-state index is 13.4. The SMILES string of the molecule is Cc1cc(C#N)cc2c1nc(Cc1c(Cl)ccc(C(=O)N3CCC(C(C)(C)CO)CC3)c1Cl)n2C. The van der Waals surface area contributed by atoms with Gasteiger partial charge in [-0.1, -0.05) is 37.0 Å². The van der Waals surface area contributed by atoms with Crippen molar-refractivity contribution >= 4 is 40.1 Å². The number of hydrogen-bond acceptors (Lipinski definition) is 4. The molecule has 0 saturated carbocycles. The van der Waals surface area contributed by atoms with Crippen LogP contribution >= 0.6 is 23.2 Å².